The van der Waals surface area contributed by atoms with E-state index in [4.69, 9.17) is 9.47 Å². The minimum atomic E-state index is -0.347. The Kier molecular flexibility index (Phi) is 6.93. The third-order valence-corrected chi connectivity index (χ3v) is 5.96. The van der Waals surface area contributed by atoms with Gasteiger partial charge in [-0.25, -0.2) is 0 Å². The number of carbonyl (C=O) groups is 2. The van der Waals surface area contributed by atoms with E-state index >= 15 is 0 Å². The first-order chi connectivity index (χ1) is 16.1. The quantitative estimate of drug-likeness (QED) is 0.628. The molecule has 3 aromatic rings. The first-order valence-electron chi connectivity index (χ1n) is 11.0. The summed E-state index contributed by atoms with van der Waals surface area (Å²) in [5, 5.41) is 2.95. The van der Waals surface area contributed by atoms with Crippen molar-refractivity contribution in [2.45, 2.75) is 6.42 Å². The summed E-state index contributed by atoms with van der Waals surface area (Å²) in [6.45, 7) is 1.16. The van der Waals surface area contributed by atoms with Gasteiger partial charge in [-0.3, -0.25) is 9.59 Å². The van der Waals surface area contributed by atoms with Gasteiger partial charge < -0.3 is 19.7 Å². The SMILES string of the molecule is COc1cccc(OC)c1C(=O)N1CCNC(=O)C(Cc2ccc(-c3ccccc3)cc2)C1. The molecule has 0 radical (unpaired) electrons. The van der Waals surface area contributed by atoms with Crippen molar-refractivity contribution in [3.63, 3.8) is 0 Å². The van der Waals surface area contributed by atoms with Crippen LogP contribution in [-0.2, 0) is 11.2 Å². The summed E-state index contributed by atoms with van der Waals surface area (Å²) in [7, 11) is 3.06. The molecular weight excluding hydrogens is 416 g/mol. The summed E-state index contributed by atoms with van der Waals surface area (Å²) in [5.41, 5.74) is 3.71. The summed E-state index contributed by atoms with van der Waals surface area (Å²) < 4.78 is 10.8. The van der Waals surface area contributed by atoms with Crippen molar-refractivity contribution >= 4 is 11.8 Å². The molecule has 6 heteroatoms. The van der Waals surface area contributed by atoms with Gasteiger partial charge in [0.05, 0.1) is 20.1 Å². The lowest BCUT2D eigenvalue weighted by Crippen LogP contribution is -2.37. The fraction of sp³-hybridized carbons (Fsp3) is 0.259. The molecule has 1 unspecified atom stereocenters. The zero-order valence-corrected chi connectivity index (χ0v) is 18.9. The number of amides is 2. The molecule has 1 aliphatic heterocycles. The smallest absolute Gasteiger partial charge is 0.261 e. The molecule has 1 aliphatic rings. The monoisotopic (exact) mass is 444 g/mol. The van der Waals surface area contributed by atoms with Crippen LogP contribution in [0.25, 0.3) is 11.1 Å². The third-order valence-electron chi connectivity index (χ3n) is 5.96. The van der Waals surface area contributed by atoms with Gasteiger partial charge in [-0.05, 0) is 35.2 Å². The van der Waals surface area contributed by atoms with Crippen molar-refractivity contribution < 1.29 is 19.1 Å². The van der Waals surface area contributed by atoms with Crippen LogP contribution in [0.2, 0.25) is 0 Å². The first-order valence-corrected chi connectivity index (χ1v) is 11.0. The number of nitrogens with one attached hydrogen (secondary N) is 1. The number of carbonyl (C=O) groups excluding carboxylic acids is 2. The van der Waals surface area contributed by atoms with E-state index in [1.54, 1.807) is 23.1 Å². The second-order valence-electron chi connectivity index (χ2n) is 8.04. The molecule has 33 heavy (non-hydrogen) atoms. The minimum absolute atomic E-state index is 0.0376. The minimum Gasteiger partial charge on any atom is -0.496 e. The maximum absolute atomic E-state index is 13.4. The Morgan fingerprint density at radius 1 is 0.909 bits per heavy atom. The Bertz CT molecular complexity index is 1090. The predicted octanol–water partition coefficient (Wildman–Crippen LogP) is 3.80. The van der Waals surface area contributed by atoms with E-state index in [1.165, 1.54) is 14.2 Å². The van der Waals surface area contributed by atoms with Gasteiger partial charge in [-0.2, -0.15) is 0 Å². The zero-order valence-electron chi connectivity index (χ0n) is 18.9. The molecule has 1 heterocycles. The van der Waals surface area contributed by atoms with Crippen molar-refractivity contribution in [2.24, 2.45) is 5.92 Å². The van der Waals surface area contributed by atoms with Crippen molar-refractivity contribution in [2.75, 3.05) is 33.9 Å². The number of hydrogen-bond donors (Lipinski definition) is 1. The van der Waals surface area contributed by atoms with E-state index in [0.29, 0.717) is 43.1 Å². The van der Waals surface area contributed by atoms with Gasteiger partial charge in [-0.1, -0.05) is 60.7 Å². The Labute approximate surface area is 194 Å². The van der Waals surface area contributed by atoms with Crippen LogP contribution in [0.3, 0.4) is 0 Å². The van der Waals surface area contributed by atoms with Crippen LogP contribution in [0.5, 0.6) is 11.5 Å². The number of nitrogens with zero attached hydrogens (tertiary/aromatic N) is 1. The summed E-state index contributed by atoms with van der Waals surface area (Å²) in [6, 6.07) is 23.7. The van der Waals surface area contributed by atoms with E-state index in [-0.39, 0.29) is 17.7 Å². The fourth-order valence-corrected chi connectivity index (χ4v) is 4.21. The van der Waals surface area contributed by atoms with Gasteiger partial charge in [0.2, 0.25) is 5.91 Å². The van der Waals surface area contributed by atoms with Gasteiger partial charge in [0.15, 0.2) is 0 Å². The molecule has 4 rings (SSSR count). The van der Waals surface area contributed by atoms with Crippen LogP contribution < -0.4 is 14.8 Å². The number of hydrogen-bond acceptors (Lipinski definition) is 4. The molecule has 3 aromatic carbocycles. The van der Waals surface area contributed by atoms with Crippen molar-refractivity contribution in [1.29, 1.82) is 0 Å². The average Bonchev–Trinajstić information content (AvgIpc) is 3.05. The second-order valence-corrected chi connectivity index (χ2v) is 8.04. The van der Waals surface area contributed by atoms with Crippen LogP contribution in [0.15, 0.2) is 72.8 Å². The lowest BCUT2D eigenvalue weighted by molar-refractivity contribution is -0.124. The van der Waals surface area contributed by atoms with E-state index < -0.39 is 0 Å². The topological polar surface area (TPSA) is 67.9 Å². The summed E-state index contributed by atoms with van der Waals surface area (Å²) >= 11 is 0. The molecule has 0 aliphatic carbocycles. The predicted molar refractivity (Wildman–Crippen MR) is 128 cm³/mol. The molecule has 0 saturated carbocycles. The molecule has 0 spiro atoms. The lowest BCUT2D eigenvalue weighted by atomic mass is 9.96. The molecule has 0 bridgehead atoms. The van der Waals surface area contributed by atoms with Gasteiger partial charge >= 0.3 is 0 Å². The standard InChI is InChI=1S/C27H28N2O4/c1-32-23-9-6-10-24(33-2)25(23)27(31)29-16-15-28-26(30)22(18-29)17-19-11-13-21(14-12-19)20-7-4-3-5-8-20/h3-14,22H,15-18H2,1-2H3,(H,28,30). The van der Waals surface area contributed by atoms with Crippen molar-refractivity contribution in [1.82, 2.24) is 10.2 Å². The Balaban J connectivity index is 1.53. The van der Waals surface area contributed by atoms with Crippen LogP contribution in [0.4, 0.5) is 0 Å². The lowest BCUT2D eigenvalue weighted by Gasteiger charge is -2.25. The highest BCUT2D eigenvalue weighted by molar-refractivity contribution is 6.00. The summed E-state index contributed by atoms with van der Waals surface area (Å²) in [6.07, 6.45) is 0.549. The Morgan fingerprint density at radius 3 is 2.18 bits per heavy atom. The molecule has 170 valence electrons. The van der Waals surface area contributed by atoms with Crippen LogP contribution >= 0.6 is 0 Å². The van der Waals surface area contributed by atoms with Gasteiger partial charge in [-0.15, -0.1) is 0 Å². The zero-order chi connectivity index (χ0) is 23.2. The molecular formula is C27H28N2O4. The highest BCUT2D eigenvalue weighted by atomic mass is 16.5. The van der Waals surface area contributed by atoms with Crippen LogP contribution in [-0.4, -0.2) is 50.6 Å². The van der Waals surface area contributed by atoms with Gasteiger partial charge in [0.1, 0.15) is 17.1 Å². The molecule has 6 nitrogen and oxygen atoms in total. The molecule has 2 amide bonds. The van der Waals surface area contributed by atoms with E-state index in [1.807, 2.05) is 18.2 Å². The summed E-state index contributed by atoms with van der Waals surface area (Å²) in [5.74, 6) is 0.321. The maximum Gasteiger partial charge on any atom is 0.261 e. The van der Waals surface area contributed by atoms with E-state index in [9.17, 15) is 9.59 Å². The van der Waals surface area contributed by atoms with Crippen molar-refractivity contribution in [3.05, 3.63) is 83.9 Å². The Morgan fingerprint density at radius 2 is 1.55 bits per heavy atom. The molecule has 1 N–H and O–H groups in total. The maximum atomic E-state index is 13.4. The number of benzene rings is 3. The van der Waals surface area contributed by atoms with Crippen LogP contribution in [0.1, 0.15) is 15.9 Å². The molecule has 1 saturated heterocycles. The third kappa shape index (κ3) is 5.00. The Hall–Kier alpha value is -3.80. The van der Waals surface area contributed by atoms with Crippen molar-refractivity contribution in [3.8, 4) is 22.6 Å². The number of rotatable bonds is 6. The fourth-order valence-electron chi connectivity index (χ4n) is 4.21. The first kappa shape index (κ1) is 22.4. The number of methoxy groups -OCH3 is 2. The second kappa shape index (κ2) is 10.2. The average molecular weight is 445 g/mol. The molecule has 1 atom stereocenters. The van der Waals surface area contributed by atoms with E-state index in [2.05, 4.69) is 41.7 Å². The normalized spacial score (nSPS) is 16.0. The highest BCUT2D eigenvalue weighted by Gasteiger charge is 2.31. The van der Waals surface area contributed by atoms with Gasteiger partial charge in [0, 0.05) is 19.6 Å². The highest BCUT2D eigenvalue weighted by Crippen LogP contribution is 2.30. The van der Waals surface area contributed by atoms with E-state index in [0.717, 1.165) is 16.7 Å². The summed E-state index contributed by atoms with van der Waals surface area (Å²) in [4.78, 5) is 27.9. The molecule has 0 aromatic heterocycles. The largest absolute Gasteiger partial charge is 0.496 e. The van der Waals surface area contributed by atoms with Crippen LogP contribution in [0, 0.1) is 5.92 Å². The van der Waals surface area contributed by atoms with Gasteiger partial charge in [0.25, 0.3) is 5.91 Å². The number of ether oxygens (including phenoxy) is 2. The molecule has 1 fully saturated rings.